The predicted octanol–water partition coefficient (Wildman–Crippen LogP) is 3.60. The number of amides is 1. The molecule has 0 N–H and O–H groups in total. The van der Waals surface area contributed by atoms with Gasteiger partial charge in [0.25, 0.3) is 0 Å². The Bertz CT molecular complexity index is 889. The number of carbonyl (C=O) groups excluding carboxylic acids is 1. The molecule has 1 unspecified atom stereocenters. The van der Waals surface area contributed by atoms with E-state index in [0.29, 0.717) is 10.7 Å². The van der Waals surface area contributed by atoms with Crippen LogP contribution >= 0.6 is 22.9 Å². The second-order valence-corrected chi connectivity index (χ2v) is 9.05. The van der Waals surface area contributed by atoms with Gasteiger partial charge in [-0.15, -0.1) is 11.3 Å². The Labute approximate surface area is 150 Å². The summed E-state index contributed by atoms with van der Waals surface area (Å²) >= 11 is 7.70. The number of thiophene rings is 1. The van der Waals surface area contributed by atoms with Gasteiger partial charge in [-0.1, -0.05) is 23.7 Å². The molecule has 7 heteroatoms. The van der Waals surface area contributed by atoms with E-state index in [9.17, 15) is 13.2 Å². The summed E-state index contributed by atoms with van der Waals surface area (Å²) in [6, 6.07) is 8.61. The largest absolute Gasteiger partial charge is 0.304 e. The van der Waals surface area contributed by atoms with E-state index < -0.39 is 15.9 Å². The molecule has 1 aliphatic rings. The third-order valence-corrected chi connectivity index (χ3v) is 6.51. The van der Waals surface area contributed by atoms with Crippen LogP contribution in [0.1, 0.15) is 10.4 Å². The molecule has 1 aromatic heterocycles. The Balaban J connectivity index is 1.95. The Morgan fingerprint density at radius 1 is 1.38 bits per heavy atom. The van der Waals surface area contributed by atoms with Crippen LogP contribution in [0.15, 0.2) is 47.2 Å². The van der Waals surface area contributed by atoms with Gasteiger partial charge >= 0.3 is 0 Å². The molecule has 2 aromatic rings. The van der Waals surface area contributed by atoms with Gasteiger partial charge in [-0.2, -0.15) is 0 Å². The lowest BCUT2D eigenvalue weighted by Gasteiger charge is -2.28. The zero-order valence-corrected chi connectivity index (χ0v) is 15.4. The van der Waals surface area contributed by atoms with Crippen LogP contribution in [-0.2, 0) is 21.1 Å². The van der Waals surface area contributed by atoms with Gasteiger partial charge in [0.05, 0.1) is 18.2 Å². The number of anilines is 1. The molecule has 1 aliphatic heterocycles. The molecule has 2 heterocycles. The first-order valence-corrected chi connectivity index (χ1v) is 10.3. The lowest BCUT2D eigenvalue weighted by molar-refractivity contribution is -0.118. The zero-order valence-electron chi connectivity index (χ0n) is 13.0. The van der Waals surface area contributed by atoms with Gasteiger partial charge in [0.15, 0.2) is 9.84 Å². The predicted molar refractivity (Wildman–Crippen MR) is 98.4 cm³/mol. The summed E-state index contributed by atoms with van der Waals surface area (Å²) in [5.41, 5.74) is 1.51. The fourth-order valence-electron chi connectivity index (χ4n) is 2.62. The zero-order chi connectivity index (χ0) is 17.3. The van der Waals surface area contributed by atoms with E-state index in [-0.39, 0.29) is 18.1 Å². The third kappa shape index (κ3) is 3.71. The van der Waals surface area contributed by atoms with E-state index in [4.69, 9.17) is 11.6 Å². The van der Waals surface area contributed by atoms with Crippen molar-refractivity contribution in [3.05, 3.63) is 62.7 Å². The van der Waals surface area contributed by atoms with Gasteiger partial charge in [-0.3, -0.25) is 4.79 Å². The molecule has 0 saturated heterocycles. The second-order valence-electron chi connectivity index (χ2n) is 5.68. The van der Waals surface area contributed by atoms with Gasteiger partial charge in [0.1, 0.15) is 0 Å². The third-order valence-electron chi connectivity index (χ3n) is 3.85. The number of nitrogens with zero attached hydrogens (tertiary/aromatic N) is 1. The van der Waals surface area contributed by atoms with Gasteiger partial charge in [0.2, 0.25) is 5.91 Å². The van der Waals surface area contributed by atoms with Crippen molar-refractivity contribution in [2.45, 2.75) is 19.4 Å². The fourth-order valence-corrected chi connectivity index (χ4v) is 4.76. The van der Waals surface area contributed by atoms with Crippen LogP contribution in [0.4, 0.5) is 5.69 Å². The number of hydrogen-bond donors (Lipinski definition) is 0. The summed E-state index contributed by atoms with van der Waals surface area (Å²) in [5.74, 6) is -0.251. The summed E-state index contributed by atoms with van der Waals surface area (Å²) in [6.07, 6.45) is 1.79. The quantitative estimate of drug-likeness (QED) is 0.813. The van der Waals surface area contributed by atoms with Crippen molar-refractivity contribution < 1.29 is 13.2 Å². The summed E-state index contributed by atoms with van der Waals surface area (Å²) < 4.78 is 23.6. The minimum Gasteiger partial charge on any atom is -0.304 e. The Morgan fingerprint density at radius 2 is 2.17 bits per heavy atom. The number of rotatable bonds is 4. The lowest BCUT2D eigenvalue weighted by atomic mass is 10.1. The maximum Gasteiger partial charge on any atom is 0.232 e. The number of aryl methyl sites for hydroxylation is 1. The van der Waals surface area contributed by atoms with Crippen LogP contribution in [0.3, 0.4) is 0 Å². The van der Waals surface area contributed by atoms with E-state index in [0.717, 1.165) is 10.4 Å². The summed E-state index contributed by atoms with van der Waals surface area (Å²) in [7, 11) is -3.27. The second kappa shape index (κ2) is 6.70. The molecular weight excluding hydrogens is 366 g/mol. The molecule has 0 fully saturated rings. The van der Waals surface area contributed by atoms with E-state index in [1.165, 1.54) is 21.6 Å². The van der Waals surface area contributed by atoms with Crippen LogP contribution < -0.4 is 4.90 Å². The van der Waals surface area contributed by atoms with E-state index in [1.54, 1.807) is 18.2 Å². The molecule has 1 atom stereocenters. The number of benzene rings is 1. The molecule has 0 saturated carbocycles. The van der Waals surface area contributed by atoms with Crippen LogP contribution in [0.5, 0.6) is 0 Å². The molecular formula is C17H16ClNO3S2. The highest BCUT2D eigenvalue weighted by Crippen LogP contribution is 2.28. The molecule has 3 rings (SSSR count). The fraction of sp³-hybridized carbons (Fsp3) is 0.235. The number of sulfone groups is 1. The smallest absolute Gasteiger partial charge is 0.232 e. The molecule has 1 amide bonds. The maximum atomic E-state index is 12.9. The topological polar surface area (TPSA) is 54.5 Å². The molecule has 0 spiro atoms. The highest BCUT2D eigenvalue weighted by Gasteiger charge is 2.31. The summed E-state index contributed by atoms with van der Waals surface area (Å²) in [6.45, 7) is 1.88. The van der Waals surface area contributed by atoms with Crippen molar-refractivity contribution in [2.75, 3.05) is 10.7 Å². The van der Waals surface area contributed by atoms with Gasteiger partial charge in [-0.25, -0.2) is 8.42 Å². The highest BCUT2D eigenvalue weighted by atomic mass is 35.5. The number of hydrogen-bond acceptors (Lipinski definition) is 4. The van der Waals surface area contributed by atoms with Crippen molar-refractivity contribution in [1.29, 1.82) is 0 Å². The van der Waals surface area contributed by atoms with E-state index in [2.05, 4.69) is 0 Å². The lowest BCUT2D eigenvalue weighted by Crippen LogP contribution is -2.42. The first kappa shape index (κ1) is 17.2. The number of carbonyl (C=O) groups is 1. The van der Waals surface area contributed by atoms with Crippen LogP contribution in [0.2, 0.25) is 5.02 Å². The van der Waals surface area contributed by atoms with E-state index >= 15 is 0 Å². The maximum absolute atomic E-state index is 12.9. The Hall–Kier alpha value is -1.63. The van der Waals surface area contributed by atoms with Crippen LogP contribution in [-0.4, -0.2) is 26.1 Å². The van der Waals surface area contributed by atoms with Gasteiger partial charge in [0, 0.05) is 21.0 Å². The van der Waals surface area contributed by atoms with Gasteiger partial charge < -0.3 is 4.90 Å². The average Bonchev–Trinajstić information content (AvgIpc) is 3.13. The van der Waals surface area contributed by atoms with Crippen molar-refractivity contribution in [3.63, 3.8) is 0 Å². The van der Waals surface area contributed by atoms with Crippen LogP contribution in [0, 0.1) is 6.92 Å². The van der Waals surface area contributed by atoms with Crippen molar-refractivity contribution in [3.8, 4) is 0 Å². The molecule has 4 nitrogen and oxygen atoms in total. The monoisotopic (exact) mass is 381 g/mol. The summed E-state index contributed by atoms with van der Waals surface area (Å²) in [5, 5.41) is 3.64. The van der Waals surface area contributed by atoms with Crippen molar-refractivity contribution >= 4 is 44.4 Å². The molecule has 126 valence electrons. The average molecular weight is 382 g/mol. The first-order valence-electron chi connectivity index (χ1n) is 7.37. The minimum atomic E-state index is -3.27. The van der Waals surface area contributed by atoms with Crippen molar-refractivity contribution in [1.82, 2.24) is 0 Å². The molecule has 0 aliphatic carbocycles. The molecule has 1 aromatic carbocycles. The molecule has 24 heavy (non-hydrogen) atoms. The van der Waals surface area contributed by atoms with Crippen LogP contribution in [0.25, 0.3) is 0 Å². The van der Waals surface area contributed by atoms with Gasteiger partial charge in [-0.05, 0) is 42.1 Å². The standard InChI is InChI=1S/C17H16ClNO3S2/c1-12-4-5-13(9-16(12)18)19(14-6-8-24(21,22)11-14)17(20)10-15-3-2-7-23-15/h2-9,14H,10-11H2,1H3. The molecule has 0 bridgehead atoms. The normalized spacial score (nSPS) is 18.7. The molecule has 0 radical (unpaired) electrons. The Kier molecular flexibility index (Phi) is 4.80. The first-order chi connectivity index (χ1) is 11.4. The van der Waals surface area contributed by atoms with Crippen molar-refractivity contribution in [2.24, 2.45) is 0 Å². The Morgan fingerprint density at radius 3 is 2.75 bits per heavy atom. The highest BCUT2D eigenvalue weighted by molar-refractivity contribution is 7.94. The van der Waals surface area contributed by atoms with E-state index in [1.807, 2.05) is 30.5 Å². The SMILES string of the molecule is Cc1ccc(N(C(=O)Cc2cccs2)C2C=CS(=O)(=O)C2)cc1Cl. The number of halogens is 1. The minimum absolute atomic E-state index is 0.103. The summed E-state index contributed by atoms with van der Waals surface area (Å²) in [4.78, 5) is 15.3.